The highest BCUT2D eigenvalue weighted by atomic mass is 16.5. The normalized spacial score (nSPS) is 12.7. The molecule has 2 N–H and O–H groups in total. The molecule has 0 saturated carbocycles. The van der Waals surface area contributed by atoms with Gasteiger partial charge in [0, 0.05) is 18.2 Å². The third-order valence-electron chi connectivity index (χ3n) is 2.98. The molecule has 0 radical (unpaired) electrons. The molecule has 0 aliphatic rings. The van der Waals surface area contributed by atoms with Gasteiger partial charge in [-0.2, -0.15) is 0 Å². The molecule has 1 rings (SSSR count). The predicted octanol–water partition coefficient (Wildman–Crippen LogP) is 3.46. The van der Waals surface area contributed by atoms with Gasteiger partial charge in [-0.15, -0.1) is 0 Å². The summed E-state index contributed by atoms with van der Waals surface area (Å²) in [5.41, 5.74) is 8.17. The molecule has 0 bridgehead atoms. The summed E-state index contributed by atoms with van der Waals surface area (Å²) in [4.78, 5) is 0. The summed E-state index contributed by atoms with van der Waals surface area (Å²) >= 11 is 0. The Morgan fingerprint density at radius 1 is 1.11 bits per heavy atom. The van der Waals surface area contributed by atoms with Crippen LogP contribution in [0.5, 0.6) is 5.75 Å². The molecule has 108 valence electrons. The topological polar surface area (TPSA) is 44.5 Å². The van der Waals surface area contributed by atoms with Crippen molar-refractivity contribution in [3.05, 3.63) is 29.3 Å². The Morgan fingerprint density at radius 2 is 1.84 bits per heavy atom. The number of ether oxygens (including phenoxy) is 2. The van der Waals surface area contributed by atoms with Crippen LogP contribution in [0.1, 0.15) is 44.4 Å². The van der Waals surface area contributed by atoms with Crippen LogP contribution < -0.4 is 10.5 Å². The summed E-state index contributed by atoms with van der Waals surface area (Å²) in [6, 6.07) is 6.12. The Balaban J connectivity index is 2.38. The van der Waals surface area contributed by atoms with Gasteiger partial charge in [-0.25, -0.2) is 0 Å². The van der Waals surface area contributed by atoms with E-state index >= 15 is 0 Å². The molecule has 1 atom stereocenters. The number of rotatable bonds is 8. The Kier molecular flexibility index (Phi) is 6.89. The van der Waals surface area contributed by atoms with Crippen LogP contribution in [0.4, 0.5) is 0 Å². The maximum Gasteiger partial charge on any atom is 0.124 e. The minimum Gasteiger partial charge on any atom is -0.491 e. The van der Waals surface area contributed by atoms with Crippen molar-refractivity contribution in [1.29, 1.82) is 0 Å². The Morgan fingerprint density at radius 3 is 2.47 bits per heavy atom. The second kappa shape index (κ2) is 8.18. The zero-order valence-electron chi connectivity index (χ0n) is 12.6. The highest BCUT2D eigenvalue weighted by Gasteiger charge is 2.08. The molecule has 0 fully saturated rings. The first-order chi connectivity index (χ1) is 9.00. The Bertz CT molecular complexity index is 375. The number of benzene rings is 1. The fraction of sp³-hybridized carbons (Fsp3) is 0.625. The molecule has 0 aromatic heterocycles. The lowest BCUT2D eigenvalue weighted by molar-refractivity contribution is 0.0921. The molecule has 0 unspecified atom stereocenters. The van der Waals surface area contributed by atoms with Crippen LogP contribution in [0.3, 0.4) is 0 Å². The van der Waals surface area contributed by atoms with Crippen molar-refractivity contribution in [3.8, 4) is 5.75 Å². The van der Waals surface area contributed by atoms with E-state index in [1.807, 2.05) is 19.1 Å². The second-order valence-corrected chi connectivity index (χ2v) is 5.47. The molecule has 3 nitrogen and oxygen atoms in total. The zero-order chi connectivity index (χ0) is 14.3. The minimum atomic E-state index is -0.0162. The first-order valence-corrected chi connectivity index (χ1v) is 7.07. The second-order valence-electron chi connectivity index (χ2n) is 5.47. The number of hydrogen-bond donors (Lipinski definition) is 1. The molecule has 3 heteroatoms. The Labute approximate surface area is 117 Å². The van der Waals surface area contributed by atoms with Crippen molar-refractivity contribution in [2.45, 2.75) is 40.2 Å². The van der Waals surface area contributed by atoms with Crippen LogP contribution in [0, 0.1) is 12.8 Å². The van der Waals surface area contributed by atoms with Crippen molar-refractivity contribution in [2.75, 3.05) is 19.8 Å². The molecule has 0 aliphatic heterocycles. The first-order valence-electron chi connectivity index (χ1n) is 7.07. The van der Waals surface area contributed by atoms with Crippen LogP contribution in [-0.4, -0.2) is 19.8 Å². The standard InChI is InChI=1S/C16H27NO2/c1-12(2)7-8-18-9-10-19-16-11-13(3)5-6-15(16)14(4)17/h5-6,11-12,14H,7-10,17H2,1-4H3/t14-/m0/s1. The van der Waals surface area contributed by atoms with Crippen LogP contribution in [0.15, 0.2) is 18.2 Å². The van der Waals surface area contributed by atoms with Gasteiger partial charge in [0.15, 0.2) is 0 Å². The lowest BCUT2D eigenvalue weighted by atomic mass is 10.1. The van der Waals surface area contributed by atoms with E-state index < -0.39 is 0 Å². The minimum absolute atomic E-state index is 0.0162. The highest BCUT2D eigenvalue weighted by Crippen LogP contribution is 2.24. The number of aryl methyl sites for hydroxylation is 1. The molecule has 0 amide bonds. The van der Waals surface area contributed by atoms with Crippen molar-refractivity contribution in [2.24, 2.45) is 11.7 Å². The van der Waals surface area contributed by atoms with Crippen molar-refractivity contribution in [3.63, 3.8) is 0 Å². The molecule has 1 aromatic rings. The van der Waals surface area contributed by atoms with E-state index in [4.69, 9.17) is 15.2 Å². The van der Waals surface area contributed by atoms with Gasteiger partial charge >= 0.3 is 0 Å². The first kappa shape index (κ1) is 16.0. The van der Waals surface area contributed by atoms with Gasteiger partial charge in [0.2, 0.25) is 0 Å². The maximum absolute atomic E-state index is 5.94. The van der Waals surface area contributed by atoms with Gasteiger partial charge in [-0.05, 0) is 37.8 Å². The quantitative estimate of drug-likeness (QED) is 0.732. The van der Waals surface area contributed by atoms with E-state index in [1.54, 1.807) is 0 Å². The largest absolute Gasteiger partial charge is 0.491 e. The van der Waals surface area contributed by atoms with Gasteiger partial charge in [-0.3, -0.25) is 0 Å². The average molecular weight is 265 g/mol. The van der Waals surface area contributed by atoms with E-state index in [2.05, 4.69) is 26.8 Å². The maximum atomic E-state index is 5.94. The lowest BCUT2D eigenvalue weighted by Crippen LogP contribution is -2.12. The summed E-state index contributed by atoms with van der Waals surface area (Å²) in [5, 5.41) is 0. The van der Waals surface area contributed by atoms with E-state index in [9.17, 15) is 0 Å². The van der Waals surface area contributed by atoms with E-state index in [0.29, 0.717) is 19.1 Å². The van der Waals surface area contributed by atoms with Gasteiger partial charge in [0.25, 0.3) is 0 Å². The van der Waals surface area contributed by atoms with Crippen LogP contribution >= 0.6 is 0 Å². The average Bonchev–Trinajstić information content (AvgIpc) is 2.33. The van der Waals surface area contributed by atoms with Gasteiger partial charge in [-0.1, -0.05) is 26.0 Å². The summed E-state index contributed by atoms with van der Waals surface area (Å²) in [5.74, 6) is 1.56. The fourth-order valence-electron chi connectivity index (χ4n) is 1.77. The van der Waals surface area contributed by atoms with Crippen molar-refractivity contribution < 1.29 is 9.47 Å². The lowest BCUT2D eigenvalue weighted by Gasteiger charge is -2.15. The van der Waals surface area contributed by atoms with Crippen LogP contribution in [-0.2, 0) is 4.74 Å². The molecule has 0 aliphatic carbocycles. The van der Waals surface area contributed by atoms with E-state index in [0.717, 1.165) is 24.3 Å². The molecule has 0 heterocycles. The molecular weight excluding hydrogens is 238 g/mol. The zero-order valence-corrected chi connectivity index (χ0v) is 12.6. The number of nitrogens with two attached hydrogens (primary N) is 1. The third kappa shape index (κ3) is 6.08. The highest BCUT2D eigenvalue weighted by molar-refractivity contribution is 5.38. The summed E-state index contributed by atoms with van der Waals surface area (Å²) in [7, 11) is 0. The fourth-order valence-corrected chi connectivity index (χ4v) is 1.77. The van der Waals surface area contributed by atoms with Crippen molar-refractivity contribution in [1.82, 2.24) is 0 Å². The molecule has 19 heavy (non-hydrogen) atoms. The van der Waals surface area contributed by atoms with E-state index in [1.165, 1.54) is 5.56 Å². The van der Waals surface area contributed by atoms with E-state index in [-0.39, 0.29) is 6.04 Å². The molecule has 1 aromatic carbocycles. The van der Waals surface area contributed by atoms with Gasteiger partial charge in [0.05, 0.1) is 6.61 Å². The summed E-state index contributed by atoms with van der Waals surface area (Å²) in [6.45, 7) is 10.4. The molecular formula is C16H27NO2. The monoisotopic (exact) mass is 265 g/mol. The number of hydrogen-bond acceptors (Lipinski definition) is 3. The molecule has 0 spiro atoms. The van der Waals surface area contributed by atoms with Gasteiger partial charge in [0.1, 0.15) is 12.4 Å². The summed E-state index contributed by atoms with van der Waals surface area (Å²) in [6.07, 6.45) is 1.09. The third-order valence-corrected chi connectivity index (χ3v) is 2.98. The Hall–Kier alpha value is -1.06. The predicted molar refractivity (Wildman–Crippen MR) is 79.6 cm³/mol. The van der Waals surface area contributed by atoms with Crippen molar-refractivity contribution >= 4 is 0 Å². The molecule has 0 saturated heterocycles. The van der Waals surface area contributed by atoms with Gasteiger partial charge < -0.3 is 15.2 Å². The van der Waals surface area contributed by atoms with Crippen LogP contribution in [0.25, 0.3) is 0 Å². The van der Waals surface area contributed by atoms with Crippen LogP contribution in [0.2, 0.25) is 0 Å². The summed E-state index contributed by atoms with van der Waals surface area (Å²) < 4.78 is 11.3. The SMILES string of the molecule is Cc1ccc([C@H](C)N)c(OCCOCCC(C)C)c1. The smallest absolute Gasteiger partial charge is 0.124 e.